The summed E-state index contributed by atoms with van der Waals surface area (Å²) in [6.45, 7) is 1.75. The van der Waals surface area contributed by atoms with Crippen molar-refractivity contribution in [3.63, 3.8) is 0 Å². The van der Waals surface area contributed by atoms with E-state index in [4.69, 9.17) is 25.8 Å². The molecule has 0 unspecified atom stereocenters. The van der Waals surface area contributed by atoms with Gasteiger partial charge in [0.05, 0.1) is 30.7 Å². The van der Waals surface area contributed by atoms with Gasteiger partial charge in [-0.05, 0) is 24.6 Å². The molecule has 2 aromatic carbocycles. The van der Waals surface area contributed by atoms with Crippen molar-refractivity contribution >= 4 is 34.2 Å². The molecule has 0 N–H and O–H groups in total. The summed E-state index contributed by atoms with van der Waals surface area (Å²) in [5.41, 5.74) is 1.54. The van der Waals surface area contributed by atoms with Gasteiger partial charge in [-0.1, -0.05) is 23.7 Å². The predicted molar refractivity (Wildman–Crippen MR) is 107 cm³/mol. The first-order valence-corrected chi connectivity index (χ1v) is 8.85. The number of methoxy groups -OCH3 is 2. The number of rotatable bonds is 6. The van der Waals surface area contributed by atoms with E-state index < -0.39 is 16.6 Å². The Morgan fingerprint density at radius 1 is 1.14 bits per heavy atom. The summed E-state index contributed by atoms with van der Waals surface area (Å²) in [6.07, 6.45) is 0. The molecule has 0 bridgehead atoms. The van der Waals surface area contributed by atoms with Gasteiger partial charge in [0.2, 0.25) is 0 Å². The van der Waals surface area contributed by atoms with Crippen LogP contribution in [0.5, 0.6) is 11.5 Å². The highest BCUT2D eigenvalue weighted by Crippen LogP contribution is 2.35. The van der Waals surface area contributed by atoms with Crippen LogP contribution in [-0.4, -0.2) is 30.1 Å². The van der Waals surface area contributed by atoms with E-state index in [1.807, 2.05) is 25.1 Å². The monoisotopic (exact) mass is 416 g/mol. The van der Waals surface area contributed by atoms with Crippen molar-refractivity contribution in [1.82, 2.24) is 4.98 Å². The van der Waals surface area contributed by atoms with Gasteiger partial charge in [-0.3, -0.25) is 10.1 Å². The number of aryl methyl sites for hydroxylation is 1. The van der Waals surface area contributed by atoms with Crippen LogP contribution in [0.2, 0.25) is 5.15 Å². The summed E-state index contributed by atoms with van der Waals surface area (Å²) >= 11 is 6.21. The van der Waals surface area contributed by atoms with E-state index in [-0.39, 0.29) is 28.8 Å². The summed E-state index contributed by atoms with van der Waals surface area (Å²) < 4.78 is 15.4. The molecular weight excluding hydrogens is 400 g/mol. The number of fused-ring (bicyclic) bond motifs is 1. The van der Waals surface area contributed by atoms with Crippen LogP contribution < -0.4 is 9.47 Å². The first-order valence-electron chi connectivity index (χ1n) is 8.47. The van der Waals surface area contributed by atoms with Crippen LogP contribution >= 0.6 is 11.6 Å². The summed E-state index contributed by atoms with van der Waals surface area (Å²) in [7, 11) is 2.71. The van der Waals surface area contributed by atoms with Gasteiger partial charge in [-0.25, -0.2) is 9.78 Å². The topological polar surface area (TPSA) is 101 Å². The van der Waals surface area contributed by atoms with E-state index in [0.29, 0.717) is 5.56 Å². The molecule has 0 aliphatic rings. The molecule has 0 saturated carbocycles. The fraction of sp³-hybridized carbons (Fsp3) is 0.200. The minimum Gasteiger partial charge on any atom is -0.493 e. The van der Waals surface area contributed by atoms with Gasteiger partial charge in [-0.15, -0.1) is 0 Å². The number of esters is 1. The highest BCUT2D eigenvalue weighted by atomic mass is 35.5. The SMILES string of the molecule is COc1cc(C(=O)OCc2cc3ccc(C)cc3nc2Cl)c([N+](=O)[O-])cc1OC. The highest BCUT2D eigenvalue weighted by molar-refractivity contribution is 6.30. The number of ether oxygens (including phenoxy) is 3. The number of hydrogen-bond donors (Lipinski definition) is 0. The number of nitrogens with zero attached hydrogens (tertiary/aromatic N) is 2. The van der Waals surface area contributed by atoms with Crippen LogP contribution in [0.4, 0.5) is 5.69 Å². The van der Waals surface area contributed by atoms with Crippen molar-refractivity contribution < 1.29 is 23.9 Å². The zero-order chi connectivity index (χ0) is 21.1. The number of carbonyl (C=O) groups excluding carboxylic acids is 1. The first kappa shape index (κ1) is 20.3. The van der Waals surface area contributed by atoms with Crippen molar-refractivity contribution in [2.45, 2.75) is 13.5 Å². The van der Waals surface area contributed by atoms with Crippen molar-refractivity contribution in [2.24, 2.45) is 0 Å². The zero-order valence-electron chi connectivity index (χ0n) is 15.9. The molecule has 1 aromatic heterocycles. The van der Waals surface area contributed by atoms with Gasteiger partial charge in [-0.2, -0.15) is 0 Å². The lowest BCUT2D eigenvalue weighted by molar-refractivity contribution is -0.385. The fourth-order valence-corrected chi connectivity index (χ4v) is 3.00. The average Bonchev–Trinajstić information content (AvgIpc) is 2.70. The van der Waals surface area contributed by atoms with Gasteiger partial charge >= 0.3 is 5.97 Å². The van der Waals surface area contributed by atoms with Crippen LogP contribution in [0, 0.1) is 17.0 Å². The molecular formula is C20H17ClN2O6. The maximum Gasteiger partial charge on any atom is 0.345 e. The summed E-state index contributed by atoms with van der Waals surface area (Å²) in [4.78, 5) is 27.5. The van der Waals surface area contributed by atoms with Crippen LogP contribution in [0.1, 0.15) is 21.5 Å². The van der Waals surface area contributed by atoms with E-state index in [1.165, 1.54) is 20.3 Å². The summed E-state index contributed by atoms with van der Waals surface area (Å²) in [6, 6.07) is 9.80. The Labute approximate surface area is 171 Å². The standard InChI is InChI=1S/C20H17ClN2O6/c1-11-4-5-12-7-13(19(21)22-15(12)6-11)10-29-20(24)14-8-17(27-2)18(28-3)9-16(14)23(25)26/h4-9H,10H2,1-3H3. The second-order valence-electron chi connectivity index (χ2n) is 6.19. The molecule has 9 heteroatoms. The Balaban J connectivity index is 1.89. The van der Waals surface area contributed by atoms with E-state index in [9.17, 15) is 14.9 Å². The highest BCUT2D eigenvalue weighted by Gasteiger charge is 2.26. The Hall–Kier alpha value is -3.39. The Morgan fingerprint density at radius 2 is 1.83 bits per heavy atom. The van der Waals surface area contributed by atoms with Crippen LogP contribution in [0.15, 0.2) is 36.4 Å². The molecule has 150 valence electrons. The molecule has 8 nitrogen and oxygen atoms in total. The van der Waals surface area contributed by atoms with Crippen molar-refractivity contribution in [3.05, 3.63) is 68.4 Å². The number of carbonyl (C=O) groups is 1. The largest absolute Gasteiger partial charge is 0.493 e. The third kappa shape index (κ3) is 4.22. The van der Waals surface area contributed by atoms with E-state index in [1.54, 1.807) is 6.07 Å². The number of aromatic nitrogens is 1. The number of hydrogen-bond acceptors (Lipinski definition) is 7. The lowest BCUT2D eigenvalue weighted by Crippen LogP contribution is -2.10. The molecule has 0 radical (unpaired) electrons. The van der Waals surface area contributed by atoms with Crippen LogP contribution in [-0.2, 0) is 11.3 Å². The molecule has 0 amide bonds. The third-order valence-electron chi connectivity index (χ3n) is 4.28. The van der Waals surface area contributed by atoms with Gasteiger partial charge in [0.1, 0.15) is 17.3 Å². The number of pyridine rings is 1. The lowest BCUT2D eigenvalue weighted by atomic mass is 10.1. The van der Waals surface area contributed by atoms with E-state index in [2.05, 4.69) is 4.98 Å². The molecule has 0 aliphatic heterocycles. The second-order valence-corrected chi connectivity index (χ2v) is 6.55. The lowest BCUT2D eigenvalue weighted by Gasteiger charge is -2.11. The minimum absolute atomic E-state index is 0.132. The molecule has 0 fully saturated rings. The van der Waals surface area contributed by atoms with Crippen LogP contribution in [0.25, 0.3) is 10.9 Å². The quantitative estimate of drug-likeness (QED) is 0.252. The average molecular weight is 417 g/mol. The fourth-order valence-electron chi connectivity index (χ4n) is 2.80. The number of nitro benzene ring substituents is 1. The van der Waals surface area contributed by atoms with Gasteiger partial charge in [0.15, 0.2) is 11.5 Å². The van der Waals surface area contributed by atoms with E-state index >= 15 is 0 Å². The second kappa shape index (κ2) is 8.32. The van der Waals surface area contributed by atoms with E-state index in [0.717, 1.165) is 22.5 Å². The van der Waals surface area contributed by atoms with Crippen LogP contribution in [0.3, 0.4) is 0 Å². The summed E-state index contributed by atoms with van der Waals surface area (Å²) in [5.74, 6) is -0.587. The number of halogens is 1. The predicted octanol–water partition coefficient (Wildman–Crippen LogP) is 4.48. The Kier molecular flexibility index (Phi) is 5.84. The molecule has 0 aliphatic carbocycles. The maximum absolute atomic E-state index is 12.5. The Bertz CT molecular complexity index is 1120. The van der Waals surface area contributed by atoms with Crippen molar-refractivity contribution in [2.75, 3.05) is 14.2 Å². The Morgan fingerprint density at radius 3 is 2.48 bits per heavy atom. The normalized spacial score (nSPS) is 10.6. The van der Waals surface area contributed by atoms with Crippen molar-refractivity contribution in [3.8, 4) is 11.5 Å². The van der Waals surface area contributed by atoms with Gasteiger partial charge in [0.25, 0.3) is 5.69 Å². The first-order chi connectivity index (χ1) is 13.8. The zero-order valence-corrected chi connectivity index (χ0v) is 16.6. The third-order valence-corrected chi connectivity index (χ3v) is 4.60. The van der Waals surface area contributed by atoms with Crippen molar-refractivity contribution in [1.29, 1.82) is 0 Å². The molecule has 0 saturated heterocycles. The van der Waals surface area contributed by atoms with Gasteiger partial charge < -0.3 is 14.2 Å². The number of benzene rings is 2. The molecule has 29 heavy (non-hydrogen) atoms. The maximum atomic E-state index is 12.5. The minimum atomic E-state index is -0.891. The van der Waals surface area contributed by atoms with Gasteiger partial charge in [0, 0.05) is 17.0 Å². The molecule has 3 aromatic rings. The summed E-state index contributed by atoms with van der Waals surface area (Å²) in [5, 5.41) is 12.4. The molecule has 0 spiro atoms. The number of nitro groups is 1. The molecule has 0 atom stereocenters. The smallest absolute Gasteiger partial charge is 0.345 e. The molecule has 3 rings (SSSR count). The molecule has 1 heterocycles.